The van der Waals surface area contributed by atoms with Gasteiger partial charge in [0.1, 0.15) is 0 Å². The second-order valence-corrected chi connectivity index (χ2v) is 45.7. The minimum Gasteiger partial charge on any atom is -0.0854 e. The molecule has 0 aromatic heterocycles. The van der Waals surface area contributed by atoms with E-state index in [0.29, 0.717) is 0 Å². The molecule has 0 radical (unpaired) electrons. The van der Waals surface area contributed by atoms with Gasteiger partial charge >= 0.3 is 0 Å². The van der Waals surface area contributed by atoms with E-state index in [1.807, 2.05) is 0 Å². The van der Waals surface area contributed by atoms with Gasteiger partial charge in [0, 0.05) is 0 Å². The molecule has 0 amide bonds. The van der Waals surface area contributed by atoms with Gasteiger partial charge in [0.05, 0.1) is 0 Å². The van der Waals surface area contributed by atoms with E-state index in [9.17, 15) is 0 Å². The van der Waals surface area contributed by atoms with Crippen LogP contribution in [0.3, 0.4) is 0 Å². The monoisotopic (exact) mass is 1770 g/mol. The quantitative estimate of drug-likeness (QED) is 0.0530. The van der Waals surface area contributed by atoms with Crippen molar-refractivity contribution in [3.63, 3.8) is 0 Å². The second-order valence-electron chi connectivity index (χ2n) is 45.7. The SMILES string of the molecule is CC1=CCC(Cc2ccc(CC3=CCC(C)CC3)cc2)CC1.CC1=CCC(Cc2ccc(CC3=CCC(C)CC3)cc2)CC1.CC1=CCC(Cc2ccc(CC3C=CC(C)CC3)cc2)CC1.CC1=CCC(Cc2ccc(CC3C=CC(C)CC3)cc2)CC1.CC1=CCC(Cc2ccc(CC3CC=C(C)CC3)cc2)CC1.CC1=CCC(Cc2ccc(CC3CC=C(C)CC3)cc2)CC1. The van der Waals surface area contributed by atoms with Crippen LogP contribution in [0.25, 0.3) is 0 Å². The van der Waals surface area contributed by atoms with Crippen LogP contribution in [0, 0.1) is 82.9 Å². The maximum absolute atomic E-state index is 2.48. The third-order valence-corrected chi connectivity index (χ3v) is 33.1. The molecule has 0 nitrogen and oxygen atoms in total. The Morgan fingerprint density at radius 2 is 0.356 bits per heavy atom. The molecule has 708 valence electrons. The fourth-order valence-electron chi connectivity index (χ4n) is 23.0. The van der Waals surface area contributed by atoms with Crippen molar-refractivity contribution in [1.29, 1.82) is 0 Å². The molecular formula is C132H180. The highest BCUT2D eigenvalue weighted by Gasteiger charge is 2.24. The van der Waals surface area contributed by atoms with E-state index in [2.05, 4.69) is 314 Å². The highest BCUT2D eigenvalue weighted by molar-refractivity contribution is 5.33. The minimum absolute atomic E-state index is 0.758. The smallest absolute Gasteiger partial charge is 0.00671 e. The largest absolute Gasteiger partial charge is 0.0854 e. The van der Waals surface area contributed by atoms with Crippen molar-refractivity contribution in [2.24, 2.45) is 82.9 Å². The second kappa shape index (κ2) is 54.2. The van der Waals surface area contributed by atoms with Gasteiger partial charge in [0.2, 0.25) is 0 Å². The summed E-state index contributed by atoms with van der Waals surface area (Å²) in [6.45, 7) is 27.5. The molecule has 0 heterocycles. The molecule has 132 heavy (non-hydrogen) atoms. The van der Waals surface area contributed by atoms with Crippen LogP contribution in [0.1, 0.15) is 368 Å². The molecule has 0 aliphatic heterocycles. The van der Waals surface area contributed by atoms with Crippen molar-refractivity contribution >= 4 is 0 Å². The number of allylic oxidation sites excluding steroid dienone is 24. The number of hydrogen-bond donors (Lipinski definition) is 0. The summed E-state index contributed by atoms with van der Waals surface area (Å²) in [6, 6.07) is 56.9. The molecule has 0 bridgehead atoms. The predicted octanol–water partition coefficient (Wildman–Crippen LogP) is 37.3. The Hall–Kier alpha value is -7.80. The van der Waals surface area contributed by atoms with Gasteiger partial charge < -0.3 is 0 Å². The standard InChI is InChI=1S/6C22H30/c6*1-17-3-7-19(8-4-17)15-21-11-13-22(14-12-21)16-20-9-5-18(2)6-10-20/h2*3,9,11-14,18-19H,4-8,10,15-16H2,1-2H3;2*3,5,11-14,19-20H,4,6-10,15-16H2,1-2H3;2*3,5,7,11-14,17,19-20H,4,6,8-10,15-16H2,1-2H3. The lowest BCUT2D eigenvalue weighted by Gasteiger charge is -2.21. The molecule has 12 aliphatic carbocycles. The first-order chi connectivity index (χ1) is 64.1. The van der Waals surface area contributed by atoms with Crippen molar-refractivity contribution in [3.8, 4) is 0 Å². The van der Waals surface area contributed by atoms with Gasteiger partial charge in [-0.15, -0.1) is 0 Å². The van der Waals surface area contributed by atoms with Crippen molar-refractivity contribution in [2.75, 3.05) is 0 Å². The maximum atomic E-state index is 2.48. The summed E-state index contributed by atoms with van der Waals surface area (Å²) in [7, 11) is 0. The number of benzene rings is 6. The van der Waals surface area contributed by atoms with Crippen molar-refractivity contribution < 1.29 is 0 Å². The fraction of sp³-hybridized carbons (Fsp3) is 0.545. The Labute approximate surface area is 808 Å². The zero-order valence-electron chi connectivity index (χ0n) is 85.5. The van der Waals surface area contributed by atoms with Crippen molar-refractivity contribution in [3.05, 3.63) is 353 Å². The third-order valence-electron chi connectivity index (χ3n) is 33.1. The molecule has 12 aliphatic rings. The Kier molecular flexibility index (Phi) is 41.7. The molecule has 0 saturated carbocycles. The van der Waals surface area contributed by atoms with Crippen LogP contribution in [0.15, 0.2) is 286 Å². The first-order valence-electron chi connectivity index (χ1n) is 54.6. The van der Waals surface area contributed by atoms with E-state index in [4.69, 9.17) is 0 Å². The van der Waals surface area contributed by atoms with Crippen LogP contribution in [0.2, 0.25) is 0 Å². The summed E-state index contributed by atoms with van der Waals surface area (Å²) < 4.78 is 0. The molecule has 0 heteroatoms. The third kappa shape index (κ3) is 37.0. The summed E-state index contributed by atoms with van der Waals surface area (Å²) in [6.07, 6.45) is 94.0. The zero-order chi connectivity index (χ0) is 92.2. The molecule has 6 aromatic carbocycles. The van der Waals surface area contributed by atoms with Gasteiger partial charge in [0.25, 0.3) is 0 Å². The lowest BCUT2D eigenvalue weighted by Crippen LogP contribution is -2.09. The van der Waals surface area contributed by atoms with Crippen LogP contribution in [-0.2, 0) is 77.0 Å². The summed E-state index contributed by atoms with van der Waals surface area (Å²) >= 11 is 0. The summed E-state index contributed by atoms with van der Waals surface area (Å²) in [4.78, 5) is 0. The van der Waals surface area contributed by atoms with Crippen LogP contribution in [0.5, 0.6) is 0 Å². The highest BCUT2D eigenvalue weighted by Crippen LogP contribution is 2.38. The molecule has 0 spiro atoms. The normalized spacial score (nSPS) is 26.5. The van der Waals surface area contributed by atoms with Gasteiger partial charge in [-0.2, -0.15) is 0 Å². The molecule has 0 saturated heterocycles. The molecule has 18 rings (SSSR count). The lowest BCUT2D eigenvalue weighted by atomic mass is 9.84. The van der Waals surface area contributed by atoms with E-state index in [1.165, 1.54) is 362 Å². The first kappa shape index (κ1) is 102. The summed E-state index contributed by atoms with van der Waals surface area (Å²) in [5.74, 6) is 11.7. The Morgan fingerprint density at radius 3 is 0.508 bits per heavy atom. The predicted molar refractivity (Wildman–Crippen MR) is 576 cm³/mol. The van der Waals surface area contributed by atoms with E-state index in [-0.39, 0.29) is 0 Å². The van der Waals surface area contributed by atoms with Crippen LogP contribution >= 0.6 is 0 Å². The van der Waals surface area contributed by atoms with Gasteiger partial charge in [-0.05, 0) is 500 Å². The highest BCUT2D eigenvalue weighted by atomic mass is 14.3. The van der Waals surface area contributed by atoms with E-state index in [1.54, 1.807) is 55.7 Å². The molecule has 14 atom stereocenters. The van der Waals surface area contributed by atoms with Crippen LogP contribution in [0.4, 0.5) is 0 Å². The molecule has 6 aromatic rings. The summed E-state index contributed by atoms with van der Waals surface area (Å²) in [5, 5.41) is 0. The van der Waals surface area contributed by atoms with Crippen LogP contribution in [-0.4, -0.2) is 0 Å². The Morgan fingerprint density at radius 1 is 0.174 bits per heavy atom. The number of rotatable bonds is 24. The zero-order valence-corrected chi connectivity index (χ0v) is 85.5. The molecule has 14 unspecified atom stereocenters. The average Bonchev–Trinajstić information content (AvgIpc) is 0.881. The Balaban J connectivity index is 0.000000135. The fourth-order valence-corrected chi connectivity index (χ4v) is 23.0. The maximum Gasteiger partial charge on any atom is -0.00671 e. The summed E-state index contributed by atoms with van der Waals surface area (Å²) in [5.41, 5.74) is 34.2. The molecule has 0 fully saturated rings. The van der Waals surface area contributed by atoms with Gasteiger partial charge in [0.15, 0.2) is 0 Å². The van der Waals surface area contributed by atoms with Gasteiger partial charge in [-0.3, -0.25) is 0 Å². The van der Waals surface area contributed by atoms with E-state index >= 15 is 0 Å². The van der Waals surface area contributed by atoms with Gasteiger partial charge in [-0.1, -0.05) is 314 Å². The molecule has 0 N–H and O–H groups in total. The van der Waals surface area contributed by atoms with E-state index < -0.39 is 0 Å². The topological polar surface area (TPSA) is 0 Å². The first-order valence-corrected chi connectivity index (χ1v) is 54.6. The van der Waals surface area contributed by atoms with Gasteiger partial charge in [-0.25, -0.2) is 0 Å². The van der Waals surface area contributed by atoms with Crippen molar-refractivity contribution in [1.82, 2.24) is 0 Å². The van der Waals surface area contributed by atoms with E-state index in [0.717, 1.165) is 82.9 Å². The van der Waals surface area contributed by atoms with Crippen molar-refractivity contribution in [2.45, 2.75) is 378 Å². The Bertz CT molecular complexity index is 4420. The number of hydrogen-bond acceptors (Lipinski definition) is 0. The average molecular weight is 1770 g/mol. The molecular weight excluding hydrogens is 1590 g/mol. The van der Waals surface area contributed by atoms with Crippen LogP contribution < -0.4 is 0 Å². The lowest BCUT2D eigenvalue weighted by molar-refractivity contribution is 0.464. The minimum atomic E-state index is 0.758.